The summed E-state index contributed by atoms with van der Waals surface area (Å²) in [4.78, 5) is 12.8. The van der Waals surface area contributed by atoms with E-state index in [2.05, 4.69) is 29.7 Å². The summed E-state index contributed by atoms with van der Waals surface area (Å²) in [5, 5.41) is 6.76. The molecule has 1 aromatic carbocycles. The SMILES string of the molecule is CC1NCCCC1NC(=O)C1(c2ccccc2)CCC1. The van der Waals surface area contributed by atoms with Crippen LogP contribution < -0.4 is 10.6 Å². The first kappa shape index (κ1) is 13.6. The second-order valence-electron chi connectivity index (χ2n) is 6.27. The molecule has 3 nitrogen and oxygen atoms in total. The summed E-state index contributed by atoms with van der Waals surface area (Å²) < 4.78 is 0. The third-order valence-electron chi connectivity index (χ3n) is 5.05. The molecule has 3 heteroatoms. The van der Waals surface area contributed by atoms with E-state index in [9.17, 15) is 4.79 Å². The van der Waals surface area contributed by atoms with Gasteiger partial charge in [0.25, 0.3) is 0 Å². The van der Waals surface area contributed by atoms with E-state index in [0.29, 0.717) is 6.04 Å². The van der Waals surface area contributed by atoms with Crippen LogP contribution in [0.3, 0.4) is 0 Å². The fourth-order valence-corrected chi connectivity index (χ4v) is 3.48. The van der Waals surface area contributed by atoms with Crippen LogP contribution in [0.1, 0.15) is 44.6 Å². The zero-order valence-corrected chi connectivity index (χ0v) is 12.2. The van der Waals surface area contributed by atoms with Gasteiger partial charge in [0.15, 0.2) is 0 Å². The van der Waals surface area contributed by atoms with Crippen LogP contribution in [-0.4, -0.2) is 24.5 Å². The lowest BCUT2D eigenvalue weighted by Crippen LogP contribution is -2.58. The molecular weight excluding hydrogens is 248 g/mol. The second-order valence-corrected chi connectivity index (χ2v) is 6.27. The minimum Gasteiger partial charge on any atom is -0.351 e. The van der Waals surface area contributed by atoms with Crippen LogP contribution in [0.4, 0.5) is 0 Å². The number of hydrogen-bond acceptors (Lipinski definition) is 2. The highest BCUT2D eigenvalue weighted by Crippen LogP contribution is 2.44. The Labute approximate surface area is 121 Å². The molecule has 0 spiro atoms. The molecule has 3 rings (SSSR count). The van der Waals surface area contributed by atoms with Gasteiger partial charge in [-0.2, -0.15) is 0 Å². The maximum Gasteiger partial charge on any atom is 0.230 e. The monoisotopic (exact) mass is 272 g/mol. The summed E-state index contributed by atoms with van der Waals surface area (Å²) in [5.74, 6) is 0.232. The van der Waals surface area contributed by atoms with Gasteiger partial charge in [0.05, 0.1) is 5.41 Å². The Morgan fingerprint density at radius 3 is 2.60 bits per heavy atom. The lowest BCUT2D eigenvalue weighted by Gasteiger charge is -2.43. The average Bonchev–Trinajstić information content (AvgIpc) is 2.41. The van der Waals surface area contributed by atoms with E-state index in [1.54, 1.807) is 0 Å². The summed E-state index contributed by atoms with van der Waals surface area (Å²) in [6, 6.07) is 10.9. The Bertz CT molecular complexity index is 467. The third-order valence-corrected chi connectivity index (χ3v) is 5.05. The fourth-order valence-electron chi connectivity index (χ4n) is 3.48. The molecule has 1 saturated carbocycles. The molecule has 0 aromatic heterocycles. The van der Waals surface area contributed by atoms with E-state index in [1.165, 1.54) is 5.56 Å². The van der Waals surface area contributed by atoms with Crippen molar-refractivity contribution in [3.8, 4) is 0 Å². The van der Waals surface area contributed by atoms with Gasteiger partial charge in [-0.3, -0.25) is 4.79 Å². The maximum absolute atomic E-state index is 12.8. The molecule has 108 valence electrons. The summed E-state index contributed by atoms with van der Waals surface area (Å²) in [6.07, 6.45) is 5.36. The Morgan fingerprint density at radius 2 is 2.00 bits per heavy atom. The van der Waals surface area contributed by atoms with Gasteiger partial charge in [-0.15, -0.1) is 0 Å². The van der Waals surface area contributed by atoms with Crippen LogP contribution in [-0.2, 0) is 10.2 Å². The fraction of sp³-hybridized carbons (Fsp3) is 0.588. The number of benzene rings is 1. The quantitative estimate of drug-likeness (QED) is 0.887. The molecule has 0 bridgehead atoms. The van der Waals surface area contributed by atoms with Crippen molar-refractivity contribution in [2.45, 2.75) is 56.5 Å². The van der Waals surface area contributed by atoms with Crippen LogP contribution in [0, 0.1) is 0 Å². The summed E-state index contributed by atoms with van der Waals surface area (Å²) in [6.45, 7) is 3.23. The van der Waals surface area contributed by atoms with Gasteiger partial charge in [-0.1, -0.05) is 36.8 Å². The van der Waals surface area contributed by atoms with E-state index in [0.717, 1.165) is 38.6 Å². The standard InChI is InChI=1S/C17H24N2O/c1-13-15(9-5-12-18-13)19-16(20)17(10-6-11-17)14-7-3-2-4-8-14/h2-4,7-8,13,15,18H,5-6,9-12H2,1H3,(H,19,20). The Balaban J connectivity index is 1.74. The topological polar surface area (TPSA) is 41.1 Å². The maximum atomic E-state index is 12.8. The zero-order valence-electron chi connectivity index (χ0n) is 12.2. The molecule has 1 aromatic rings. The largest absolute Gasteiger partial charge is 0.351 e. The van der Waals surface area contributed by atoms with Gasteiger partial charge in [0.1, 0.15) is 0 Å². The normalized spacial score (nSPS) is 28.4. The van der Waals surface area contributed by atoms with Crippen molar-refractivity contribution in [1.82, 2.24) is 10.6 Å². The van der Waals surface area contributed by atoms with Crippen molar-refractivity contribution in [3.05, 3.63) is 35.9 Å². The van der Waals surface area contributed by atoms with Crippen molar-refractivity contribution < 1.29 is 4.79 Å². The van der Waals surface area contributed by atoms with Gasteiger partial charge < -0.3 is 10.6 Å². The summed E-state index contributed by atoms with van der Waals surface area (Å²) >= 11 is 0. The highest BCUT2D eigenvalue weighted by molar-refractivity contribution is 5.89. The van der Waals surface area contributed by atoms with Crippen LogP contribution in [0.5, 0.6) is 0 Å². The molecule has 2 N–H and O–H groups in total. The van der Waals surface area contributed by atoms with E-state index in [-0.39, 0.29) is 17.4 Å². The van der Waals surface area contributed by atoms with Crippen LogP contribution in [0.25, 0.3) is 0 Å². The molecular formula is C17H24N2O. The molecule has 1 aliphatic heterocycles. The number of hydrogen-bond donors (Lipinski definition) is 2. The molecule has 1 saturated heterocycles. The molecule has 2 atom stereocenters. The minimum absolute atomic E-state index is 0.232. The number of carbonyl (C=O) groups is 1. The molecule has 1 aliphatic carbocycles. The van der Waals surface area contributed by atoms with Gasteiger partial charge in [0.2, 0.25) is 5.91 Å². The first-order valence-electron chi connectivity index (χ1n) is 7.82. The van der Waals surface area contributed by atoms with Crippen LogP contribution in [0.2, 0.25) is 0 Å². The van der Waals surface area contributed by atoms with E-state index < -0.39 is 0 Å². The van der Waals surface area contributed by atoms with Crippen molar-refractivity contribution >= 4 is 5.91 Å². The van der Waals surface area contributed by atoms with Crippen molar-refractivity contribution in [2.75, 3.05) is 6.54 Å². The van der Waals surface area contributed by atoms with E-state index in [1.807, 2.05) is 18.2 Å². The molecule has 1 amide bonds. The first-order valence-corrected chi connectivity index (χ1v) is 7.82. The Hall–Kier alpha value is -1.35. The van der Waals surface area contributed by atoms with Crippen LogP contribution >= 0.6 is 0 Å². The predicted octanol–water partition coefficient (Wildman–Crippen LogP) is 2.37. The minimum atomic E-state index is -0.265. The van der Waals surface area contributed by atoms with Crippen molar-refractivity contribution in [3.63, 3.8) is 0 Å². The number of carbonyl (C=O) groups excluding carboxylic acids is 1. The van der Waals surface area contributed by atoms with Crippen LogP contribution in [0.15, 0.2) is 30.3 Å². The van der Waals surface area contributed by atoms with Gasteiger partial charge >= 0.3 is 0 Å². The lowest BCUT2D eigenvalue weighted by atomic mass is 9.63. The third kappa shape index (κ3) is 2.35. The molecule has 20 heavy (non-hydrogen) atoms. The number of rotatable bonds is 3. The van der Waals surface area contributed by atoms with Gasteiger partial charge in [-0.05, 0) is 44.7 Å². The summed E-state index contributed by atoms with van der Waals surface area (Å²) in [5.41, 5.74) is 0.915. The number of piperidine rings is 1. The van der Waals surface area contributed by atoms with Crippen molar-refractivity contribution in [2.24, 2.45) is 0 Å². The molecule has 2 unspecified atom stereocenters. The smallest absolute Gasteiger partial charge is 0.230 e. The zero-order chi connectivity index (χ0) is 14.0. The molecule has 2 fully saturated rings. The molecule has 0 radical (unpaired) electrons. The molecule has 1 heterocycles. The predicted molar refractivity (Wildman–Crippen MR) is 80.6 cm³/mol. The van der Waals surface area contributed by atoms with Crippen molar-refractivity contribution in [1.29, 1.82) is 0 Å². The number of nitrogens with one attached hydrogen (secondary N) is 2. The van der Waals surface area contributed by atoms with E-state index >= 15 is 0 Å². The van der Waals surface area contributed by atoms with Gasteiger partial charge in [-0.25, -0.2) is 0 Å². The Morgan fingerprint density at radius 1 is 1.25 bits per heavy atom. The second kappa shape index (κ2) is 5.57. The Kier molecular flexibility index (Phi) is 3.79. The lowest BCUT2D eigenvalue weighted by molar-refractivity contribution is -0.131. The highest BCUT2D eigenvalue weighted by atomic mass is 16.2. The molecule has 2 aliphatic rings. The van der Waals surface area contributed by atoms with Gasteiger partial charge in [0, 0.05) is 12.1 Å². The highest BCUT2D eigenvalue weighted by Gasteiger charge is 2.46. The van der Waals surface area contributed by atoms with E-state index in [4.69, 9.17) is 0 Å². The first-order chi connectivity index (χ1) is 9.72. The summed E-state index contributed by atoms with van der Waals surface area (Å²) in [7, 11) is 0. The number of amides is 1. The average molecular weight is 272 g/mol.